The molecule has 0 radical (unpaired) electrons. The van der Waals surface area contributed by atoms with Crippen LogP contribution in [0.5, 0.6) is 5.88 Å². The molecule has 0 spiro atoms. The van der Waals surface area contributed by atoms with E-state index < -0.39 is 5.97 Å². The molecule has 0 aliphatic rings. The lowest BCUT2D eigenvalue weighted by molar-refractivity contribution is 0.0479. The second-order valence-corrected chi connectivity index (χ2v) is 4.01. The quantitative estimate of drug-likeness (QED) is 0.657. The monoisotopic (exact) mass is 289 g/mol. The smallest absolute Gasteiger partial charge is 0.377 e. The lowest BCUT2D eigenvalue weighted by atomic mass is 10.4. The highest BCUT2D eigenvalue weighted by atomic mass is 16.6. The molecule has 0 saturated carbocycles. The molecular weight excluding hydrogens is 278 g/mol. The minimum Gasteiger partial charge on any atom is -0.468 e. The van der Waals surface area contributed by atoms with Crippen molar-refractivity contribution in [1.29, 1.82) is 0 Å². The minimum absolute atomic E-state index is 0.0290. The zero-order chi connectivity index (χ0) is 14.7. The molecule has 0 unspecified atom stereocenters. The van der Waals surface area contributed by atoms with E-state index in [-0.39, 0.29) is 19.0 Å². The summed E-state index contributed by atoms with van der Waals surface area (Å²) in [5.74, 6) is -0.237. The van der Waals surface area contributed by atoms with Crippen LogP contribution in [0.1, 0.15) is 23.2 Å². The Labute approximate surface area is 118 Å². The van der Waals surface area contributed by atoms with Gasteiger partial charge in [0.25, 0.3) is 5.88 Å². The van der Waals surface area contributed by atoms with E-state index in [0.29, 0.717) is 22.7 Å². The van der Waals surface area contributed by atoms with Gasteiger partial charge in [0.1, 0.15) is 24.1 Å². The number of esters is 1. The Morgan fingerprint density at radius 3 is 3.14 bits per heavy atom. The molecule has 0 aliphatic heterocycles. The van der Waals surface area contributed by atoms with Gasteiger partial charge in [0.05, 0.1) is 12.9 Å². The maximum absolute atomic E-state index is 11.4. The largest absolute Gasteiger partial charge is 0.468 e. The first-order valence-corrected chi connectivity index (χ1v) is 6.21. The van der Waals surface area contributed by atoms with Gasteiger partial charge < -0.3 is 18.4 Å². The van der Waals surface area contributed by atoms with Crippen molar-refractivity contribution >= 4 is 17.1 Å². The molecule has 0 bridgehead atoms. The van der Waals surface area contributed by atoms with Crippen molar-refractivity contribution in [1.82, 2.24) is 15.1 Å². The fraction of sp³-hybridized carbons (Fsp3) is 0.231. The molecule has 3 heterocycles. The molecule has 3 aromatic rings. The van der Waals surface area contributed by atoms with E-state index in [1.807, 2.05) is 0 Å². The SMILES string of the molecule is CCOC(=O)c1cc(COc2ncnc3ccoc23)no1. The van der Waals surface area contributed by atoms with Crippen molar-refractivity contribution in [2.75, 3.05) is 6.61 Å². The number of nitrogens with zero attached hydrogens (tertiary/aromatic N) is 3. The Kier molecular flexibility index (Phi) is 3.50. The molecule has 0 aliphatic carbocycles. The molecule has 21 heavy (non-hydrogen) atoms. The first-order valence-electron chi connectivity index (χ1n) is 6.21. The third-order valence-corrected chi connectivity index (χ3v) is 2.60. The third kappa shape index (κ3) is 2.69. The van der Waals surface area contributed by atoms with Gasteiger partial charge in [-0.3, -0.25) is 0 Å². The average molecular weight is 289 g/mol. The molecule has 0 N–H and O–H groups in total. The first kappa shape index (κ1) is 13.1. The molecule has 0 atom stereocenters. The Morgan fingerprint density at radius 1 is 1.38 bits per heavy atom. The van der Waals surface area contributed by atoms with E-state index in [1.54, 1.807) is 13.0 Å². The maximum atomic E-state index is 11.4. The Morgan fingerprint density at radius 2 is 2.29 bits per heavy atom. The molecule has 0 fully saturated rings. The van der Waals surface area contributed by atoms with Gasteiger partial charge in [-0.2, -0.15) is 4.98 Å². The summed E-state index contributed by atoms with van der Waals surface area (Å²) in [6.07, 6.45) is 2.88. The average Bonchev–Trinajstić information content (AvgIpc) is 3.14. The lowest BCUT2D eigenvalue weighted by Crippen LogP contribution is -2.03. The van der Waals surface area contributed by atoms with Gasteiger partial charge in [-0.1, -0.05) is 5.16 Å². The third-order valence-electron chi connectivity index (χ3n) is 2.60. The van der Waals surface area contributed by atoms with E-state index >= 15 is 0 Å². The first-order chi connectivity index (χ1) is 10.3. The fourth-order valence-electron chi connectivity index (χ4n) is 1.69. The summed E-state index contributed by atoms with van der Waals surface area (Å²) in [5.41, 5.74) is 1.54. The van der Waals surface area contributed by atoms with Gasteiger partial charge >= 0.3 is 5.97 Å². The van der Waals surface area contributed by atoms with Gasteiger partial charge in [-0.15, -0.1) is 0 Å². The zero-order valence-electron chi connectivity index (χ0n) is 11.1. The van der Waals surface area contributed by atoms with Crippen LogP contribution in [-0.2, 0) is 11.3 Å². The summed E-state index contributed by atoms with van der Waals surface area (Å²) in [5, 5.41) is 3.73. The normalized spacial score (nSPS) is 10.7. The summed E-state index contributed by atoms with van der Waals surface area (Å²) in [6.45, 7) is 2.06. The van der Waals surface area contributed by atoms with Crippen LogP contribution in [0.4, 0.5) is 0 Å². The summed E-state index contributed by atoms with van der Waals surface area (Å²) in [4.78, 5) is 19.5. The van der Waals surface area contributed by atoms with Gasteiger partial charge in [0.2, 0.25) is 11.3 Å². The predicted molar refractivity (Wildman–Crippen MR) is 68.6 cm³/mol. The highest BCUT2D eigenvalue weighted by Crippen LogP contribution is 2.22. The number of hydrogen-bond acceptors (Lipinski definition) is 8. The second kappa shape index (κ2) is 5.61. The maximum Gasteiger partial charge on any atom is 0.377 e. The number of rotatable bonds is 5. The molecule has 3 rings (SSSR count). The molecular formula is C13H11N3O5. The number of ether oxygens (including phenoxy) is 2. The molecule has 0 amide bonds. The Bertz CT molecular complexity index is 764. The Hall–Kier alpha value is -2.90. The van der Waals surface area contributed by atoms with E-state index in [4.69, 9.17) is 18.4 Å². The Balaban J connectivity index is 1.70. The number of carbonyl (C=O) groups is 1. The van der Waals surface area contributed by atoms with Gasteiger partial charge in [-0.05, 0) is 6.92 Å². The van der Waals surface area contributed by atoms with Crippen molar-refractivity contribution in [2.45, 2.75) is 13.5 Å². The fourth-order valence-corrected chi connectivity index (χ4v) is 1.69. The summed E-state index contributed by atoms with van der Waals surface area (Å²) >= 11 is 0. The number of aromatic nitrogens is 3. The molecule has 8 heteroatoms. The topological polar surface area (TPSA) is 100 Å². The van der Waals surface area contributed by atoms with Crippen LogP contribution in [0, 0.1) is 0 Å². The van der Waals surface area contributed by atoms with Crippen LogP contribution in [0.3, 0.4) is 0 Å². The van der Waals surface area contributed by atoms with E-state index in [1.165, 1.54) is 18.7 Å². The van der Waals surface area contributed by atoms with Crippen molar-refractivity contribution in [3.05, 3.63) is 36.2 Å². The molecule has 108 valence electrons. The van der Waals surface area contributed by atoms with Crippen LogP contribution in [-0.4, -0.2) is 27.7 Å². The molecule has 8 nitrogen and oxygen atoms in total. The van der Waals surface area contributed by atoms with Crippen molar-refractivity contribution in [3.63, 3.8) is 0 Å². The second-order valence-electron chi connectivity index (χ2n) is 4.01. The number of hydrogen-bond donors (Lipinski definition) is 0. The van der Waals surface area contributed by atoms with Crippen LogP contribution in [0.15, 0.2) is 33.7 Å². The van der Waals surface area contributed by atoms with Crippen molar-refractivity contribution in [3.8, 4) is 5.88 Å². The highest BCUT2D eigenvalue weighted by Gasteiger charge is 2.15. The summed E-state index contributed by atoms with van der Waals surface area (Å²) in [6, 6.07) is 3.16. The summed E-state index contributed by atoms with van der Waals surface area (Å²) < 4.78 is 20.4. The number of furan rings is 1. The van der Waals surface area contributed by atoms with Gasteiger partial charge in [0.15, 0.2) is 0 Å². The minimum atomic E-state index is -0.563. The van der Waals surface area contributed by atoms with Crippen LogP contribution in [0.2, 0.25) is 0 Å². The van der Waals surface area contributed by atoms with E-state index in [2.05, 4.69) is 15.1 Å². The van der Waals surface area contributed by atoms with Gasteiger partial charge in [-0.25, -0.2) is 9.78 Å². The van der Waals surface area contributed by atoms with Crippen molar-refractivity contribution < 1.29 is 23.2 Å². The molecule has 0 aromatic carbocycles. The van der Waals surface area contributed by atoms with Crippen LogP contribution >= 0.6 is 0 Å². The van der Waals surface area contributed by atoms with Gasteiger partial charge in [0, 0.05) is 12.1 Å². The zero-order valence-corrected chi connectivity index (χ0v) is 11.1. The van der Waals surface area contributed by atoms with Crippen molar-refractivity contribution in [2.24, 2.45) is 0 Å². The lowest BCUT2D eigenvalue weighted by Gasteiger charge is -2.01. The predicted octanol–water partition coefficient (Wildman–Crippen LogP) is 1.97. The highest BCUT2D eigenvalue weighted by molar-refractivity contribution is 5.86. The van der Waals surface area contributed by atoms with Crippen LogP contribution < -0.4 is 4.74 Å². The van der Waals surface area contributed by atoms with Crippen LogP contribution in [0.25, 0.3) is 11.1 Å². The number of carbonyl (C=O) groups excluding carboxylic acids is 1. The summed E-state index contributed by atoms with van der Waals surface area (Å²) in [7, 11) is 0. The standard InChI is InChI=1S/C13H11N3O5/c1-2-18-13(17)10-5-8(16-21-10)6-20-12-11-9(3-4-19-11)14-7-15-12/h3-5,7H,2,6H2,1H3. The van der Waals surface area contributed by atoms with E-state index in [0.717, 1.165) is 0 Å². The molecule has 0 saturated heterocycles. The molecule has 3 aromatic heterocycles. The number of fused-ring (bicyclic) bond motifs is 1. The van der Waals surface area contributed by atoms with E-state index in [9.17, 15) is 4.79 Å².